The summed E-state index contributed by atoms with van der Waals surface area (Å²) in [6.45, 7) is 3.18. The van der Waals surface area contributed by atoms with E-state index >= 15 is 0 Å². The Morgan fingerprint density at radius 2 is 2.04 bits per heavy atom. The van der Waals surface area contributed by atoms with Crippen LogP contribution in [0.1, 0.15) is 31.2 Å². The third-order valence-electron chi connectivity index (χ3n) is 4.98. The van der Waals surface area contributed by atoms with Crippen LogP contribution in [0.3, 0.4) is 0 Å². The average molecular weight is 318 g/mol. The van der Waals surface area contributed by atoms with Crippen LogP contribution in [0.4, 0.5) is 0 Å². The van der Waals surface area contributed by atoms with Crippen LogP contribution in [0, 0.1) is 11.8 Å². The first-order chi connectivity index (χ1) is 11.3. The zero-order valence-electron chi connectivity index (χ0n) is 13.6. The largest absolute Gasteiger partial charge is 0.381 e. The second-order valence-electron chi connectivity index (χ2n) is 6.51. The SMILES string of the molecule is O=C(CCc1cccnc1)N[C@@H]1CCOC[C@@H]1C1CCOCC1. The number of rotatable bonds is 5. The van der Waals surface area contributed by atoms with Crippen LogP contribution >= 0.6 is 0 Å². The maximum atomic E-state index is 12.3. The number of amides is 1. The van der Waals surface area contributed by atoms with Gasteiger partial charge in [0.15, 0.2) is 0 Å². The number of ether oxygens (including phenoxy) is 2. The summed E-state index contributed by atoms with van der Waals surface area (Å²) in [7, 11) is 0. The normalized spacial score (nSPS) is 25.9. The lowest BCUT2D eigenvalue weighted by molar-refractivity contribution is -0.123. The molecule has 2 saturated heterocycles. The monoisotopic (exact) mass is 318 g/mol. The van der Waals surface area contributed by atoms with Crippen molar-refractivity contribution in [1.82, 2.24) is 10.3 Å². The molecule has 1 amide bonds. The van der Waals surface area contributed by atoms with Gasteiger partial charge in [-0.05, 0) is 43.2 Å². The molecule has 2 fully saturated rings. The predicted octanol–water partition coefficient (Wildman–Crippen LogP) is 1.96. The molecular weight excluding hydrogens is 292 g/mol. The molecule has 1 N–H and O–H groups in total. The quantitative estimate of drug-likeness (QED) is 0.901. The van der Waals surface area contributed by atoms with Gasteiger partial charge in [-0.2, -0.15) is 0 Å². The fourth-order valence-electron chi connectivity index (χ4n) is 3.63. The maximum absolute atomic E-state index is 12.3. The Morgan fingerprint density at radius 1 is 1.22 bits per heavy atom. The number of aromatic nitrogens is 1. The highest BCUT2D eigenvalue weighted by molar-refractivity contribution is 5.76. The van der Waals surface area contributed by atoms with Gasteiger partial charge in [-0.15, -0.1) is 0 Å². The lowest BCUT2D eigenvalue weighted by Crippen LogP contribution is -2.49. The highest BCUT2D eigenvalue weighted by atomic mass is 16.5. The molecule has 2 aliphatic heterocycles. The minimum atomic E-state index is 0.137. The van der Waals surface area contributed by atoms with Gasteiger partial charge in [-0.3, -0.25) is 9.78 Å². The molecule has 2 atom stereocenters. The zero-order chi connectivity index (χ0) is 15.9. The van der Waals surface area contributed by atoms with Gasteiger partial charge in [0.2, 0.25) is 5.91 Å². The van der Waals surface area contributed by atoms with E-state index in [0.717, 1.165) is 57.7 Å². The maximum Gasteiger partial charge on any atom is 0.220 e. The molecular formula is C18H26N2O3. The van der Waals surface area contributed by atoms with Crippen molar-refractivity contribution < 1.29 is 14.3 Å². The molecule has 23 heavy (non-hydrogen) atoms. The van der Waals surface area contributed by atoms with E-state index in [4.69, 9.17) is 9.47 Å². The molecule has 3 heterocycles. The standard InChI is InChI=1S/C18H26N2O3/c21-18(4-3-14-2-1-8-19-12-14)20-17-7-11-23-13-16(17)15-5-9-22-10-6-15/h1-2,8,12,15-17H,3-7,9-11,13H2,(H,20,21)/t16-,17-/m1/s1. The number of nitrogens with zero attached hydrogens (tertiary/aromatic N) is 1. The Morgan fingerprint density at radius 3 is 2.83 bits per heavy atom. The number of hydrogen-bond donors (Lipinski definition) is 1. The number of carbonyl (C=O) groups excluding carboxylic acids is 1. The van der Waals surface area contributed by atoms with Gasteiger partial charge in [0.05, 0.1) is 6.61 Å². The van der Waals surface area contributed by atoms with Crippen molar-refractivity contribution in [2.45, 2.75) is 38.1 Å². The molecule has 1 aromatic heterocycles. The van der Waals surface area contributed by atoms with E-state index in [0.29, 0.717) is 18.3 Å². The lowest BCUT2D eigenvalue weighted by Gasteiger charge is -2.39. The Kier molecular flexibility index (Phi) is 6.00. The van der Waals surface area contributed by atoms with Gasteiger partial charge in [0.1, 0.15) is 0 Å². The summed E-state index contributed by atoms with van der Waals surface area (Å²) in [4.78, 5) is 16.4. The van der Waals surface area contributed by atoms with Crippen LogP contribution in [0.2, 0.25) is 0 Å². The van der Waals surface area contributed by atoms with Crippen LogP contribution in [0.25, 0.3) is 0 Å². The molecule has 0 unspecified atom stereocenters. The summed E-state index contributed by atoms with van der Waals surface area (Å²) in [6.07, 6.45) is 7.91. The molecule has 0 aromatic carbocycles. The van der Waals surface area contributed by atoms with Gasteiger partial charge in [0, 0.05) is 50.6 Å². The molecule has 1 aromatic rings. The number of hydrogen-bond acceptors (Lipinski definition) is 4. The number of carbonyl (C=O) groups is 1. The first kappa shape index (κ1) is 16.4. The zero-order valence-corrected chi connectivity index (χ0v) is 13.6. The second kappa shape index (κ2) is 8.41. The van der Waals surface area contributed by atoms with E-state index in [1.54, 1.807) is 6.20 Å². The first-order valence-electron chi connectivity index (χ1n) is 8.66. The van der Waals surface area contributed by atoms with E-state index in [1.807, 2.05) is 18.3 Å². The molecule has 0 spiro atoms. The molecule has 0 saturated carbocycles. The van der Waals surface area contributed by atoms with E-state index in [1.165, 1.54) is 0 Å². The van der Waals surface area contributed by atoms with Crippen LogP contribution in [-0.4, -0.2) is 43.4 Å². The van der Waals surface area contributed by atoms with Gasteiger partial charge >= 0.3 is 0 Å². The Labute approximate surface area is 137 Å². The van der Waals surface area contributed by atoms with Crippen LogP contribution in [0.5, 0.6) is 0 Å². The summed E-state index contributed by atoms with van der Waals surface area (Å²) >= 11 is 0. The summed E-state index contributed by atoms with van der Waals surface area (Å²) in [6, 6.07) is 4.17. The molecule has 0 radical (unpaired) electrons. The van der Waals surface area contributed by atoms with Crippen molar-refractivity contribution in [1.29, 1.82) is 0 Å². The Balaban J connectivity index is 1.50. The molecule has 2 aliphatic rings. The van der Waals surface area contributed by atoms with Crippen molar-refractivity contribution in [3.05, 3.63) is 30.1 Å². The van der Waals surface area contributed by atoms with Crippen molar-refractivity contribution in [3.8, 4) is 0 Å². The summed E-state index contributed by atoms with van der Waals surface area (Å²) in [5, 5.41) is 3.26. The topological polar surface area (TPSA) is 60.5 Å². The van der Waals surface area contributed by atoms with Gasteiger partial charge in [-0.1, -0.05) is 6.07 Å². The van der Waals surface area contributed by atoms with Gasteiger partial charge in [0.25, 0.3) is 0 Å². The third kappa shape index (κ3) is 4.75. The molecule has 0 bridgehead atoms. The van der Waals surface area contributed by atoms with E-state index in [9.17, 15) is 4.79 Å². The highest BCUT2D eigenvalue weighted by Crippen LogP contribution is 2.30. The number of pyridine rings is 1. The molecule has 5 heteroatoms. The Bertz CT molecular complexity index is 488. The van der Waals surface area contributed by atoms with Crippen LogP contribution in [-0.2, 0) is 20.7 Å². The minimum absolute atomic E-state index is 0.137. The highest BCUT2D eigenvalue weighted by Gasteiger charge is 2.34. The fraction of sp³-hybridized carbons (Fsp3) is 0.667. The molecule has 3 rings (SSSR count). The minimum Gasteiger partial charge on any atom is -0.381 e. The second-order valence-corrected chi connectivity index (χ2v) is 6.51. The van der Waals surface area contributed by atoms with Crippen molar-refractivity contribution in [2.75, 3.05) is 26.4 Å². The van der Waals surface area contributed by atoms with Crippen LogP contribution < -0.4 is 5.32 Å². The number of aryl methyl sites for hydroxylation is 1. The molecule has 0 aliphatic carbocycles. The van der Waals surface area contributed by atoms with E-state index in [2.05, 4.69) is 10.3 Å². The average Bonchev–Trinajstić information content (AvgIpc) is 2.62. The van der Waals surface area contributed by atoms with Gasteiger partial charge < -0.3 is 14.8 Å². The summed E-state index contributed by atoms with van der Waals surface area (Å²) < 4.78 is 11.1. The molecule has 5 nitrogen and oxygen atoms in total. The van der Waals surface area contributed by atoms with E-state index < -0.39 is 0 Å². The first-order valence-corrected chi connectivity index (χ1v) is 8.66. The lowest BCUT2D eigenvalue weighted by atomic mass is 9.79. The summed E-state index contributed by atoms with van der Waals surface area (Å²) in [5.41, 5.74) is 1.11. The van der Waals surface area contributed by atoms with Crippen molar-refractivity contribution >= 4 is 5.91 Å². The van der Waals surface area contributed by atoms with Crippen molar-refractivity contribution in [3.63, 3.8) is 0 Å². The van der Waals surface area contributed by atoms with E-state index in [-0.39, 0.29) is 11.9 Å². The van der Waals surface area contributed by atoms with Crippen molar-refractivity contribution in [2.24, 2.45) is 11.8 Å². The van der Waals surface area contributed by atoms with Gasteiger partial charge in [-0.25, -0.2) is 0 Å². The number of nitrogens with one attached hydrogen (secondary N) is 1. The third-order valence-corrected chi connectivity index (χ3v) is 4.98. The smallest absolute Gasteiger partial charge is 0.220 e. The Hall–Kier alpha value is -1.46. The fourth-order valence-corrected chi connectivity index (χ4v) is 3.63. The summed E-state index contributed by atoms with van der Waals surface area (Å²) in [5.74, 6) is 1.17. The predicted molar refractivity (Wildman–Crippen MR) is 87.0 cm³/mol. The molecule has 126 valence electrons. The van der Waals surface area contributed by atoms with Crippen LogP contribution in [0.15, 0.2) is 24.5 Å².